The maximum atomic E-state index is 11.2. The quantitative estimate of drug-likeness (QED) is 0.174. The number of rotatable bonds is 10. The molecule has 1 fully saturated rings. The minimum absolute atomic E-state index is 0. The molecule has 2 N–H and O–H groups in total. The maximum Gasteiger partial charge on any atom is 0.305 e. The second-order valence-corrected chi connectivity index (χ2v) is 5.82. The molecule has 0 amide bonds. The largest absolute Gasteiger partial charge is 0.466 e. The monoisotopic (exact) mass is 455 g/mol. The highest BCUT2D eigenvalue weighted by molar-refractivity contribution is 14.0. The van der Waals surface area contributed by atoms with Gasteiger partial charge in [0.25, 0.3) is 0 Å². The highest BCUT2D eigenvalue weighted by atomic mass is 127. The van der Waals surface area contributed by atoms with E-state index in [2.05, 4.69) is 15.6 Å². The van der Waals surface area contributed by atoms with E-state index >= 15 is 0 Å². The maximum absolute atomic E-state index is 11.2. The molecular weight excluding hydrogens is 421 g/mol. The van der Waals surface area contributed by atoms with E-state index in [0.717, 1.165) is 32.0 Å². The van der Waals surface area contributed by atoms with E-state index < -0.39 is 0 Å². The summed E-state index contributed by atoms with van der Waals surface area (Å²) in [6.07, 6.45) is 9.05. The number of carbonyl (C=O) groups is 1. The van der Waals surface area contributed by atoms with Crippen molar-refractivity contribution in [3.8, 4) is 0 Å². The number of esters is 1. The highest BCUT2D eigenvalue weighted by Gasteiger charge is 2.12. The number of nitrogens with zero attached hydrogens (tertiary/aromatic N) is 1. The van der Waals surface area contributed by atoms with Gasteiger partial charge >= 0.3 is 5.97 Å². The van der Waals surface area contributed by atoms with Crippen LogP contribution in [0.1, 0.15) is 58.3 Å². The van der Waals surface area contributed by atoms with Gasteiger partial charge in [0.05, 0.1) is 12.7 Å². The van der Waals surface area contributed by atoms with Crippen LogP contribution < -0.4 is 10.6 Å². The summed E-state index contributed by atoms with van der Waals surface area (Å²) < 4.78 is 10.8. The number of aliphatic imine (C=N–C) groups is 1. The van der Waals surface area contributed by atoms with Gasteiger partial charge in [-0.15, -0.1) is 24.0 Å². The fraction of sp³-hybridized carbons (Fsp3) is 0.882. The number of guanidine groups is 1. The van der Waals surface area contributed by atoms with Crippen LogP contribution >= 0.6 is 24.0 Å². The number of carbonyl (C=O) groups excluding carboxylic acids is 1. The first-order valence-electron chi connectivity index (χ1n) is 8.98. The van der Waals surface area contributed by atoms with Crippen LogP contribution in [0.5, 0.6) is 0 Å². The molecule has 0 atom stereocenters. The third kappa shape index (κ3) is 11.9. The average Bonchev–Trinajstić information content (AvgIpc) is 2.57. The summed E-state index contributed by atoms with van der Waals surface area (Å²) in [4.78, 5) is 15.4. The highest BCUT2D eigenvalue weighted by Crippen LogP contribution is 2.20. The molecule has 0 bridgehead atoms. The molecule has 0 aliphatic heterocycles. The Kier molecular flexibility index (Phi) is 15.6. The first-order valence-corrected chi connectivity index (χ1v) is 8.98. The van der Waals surface area contributed by atoms with E-state index in [1.165, 1.54) is 32.1 Å². The Balaban J connectivity index is 0.00000529. The smallest absolute Gasteiger partial charge is 0.305 e. The molecule has 0 aromatic heterocycles. The van der Waals surface area contributed by atoms with E-state index in [1.54, 1.807) is 7.05 Å². The molecule has 1 rings (SSSR count). The van der Waals surface area contributed by atoms with Gasteiger partial charge < -0.3 is 20.1 Å². The Bertz CT molecular complexity index is 348. The number of hydrogen-bond acceptors (Lipinski definition) is 4. The van der Waals surface area contributed by atoms with Crippen molar-refractivity contribution in [2.24, 2.45) is 4.99 Å². The van der Waals surface area contributed by atoms with Crippen LogP contribution in [0.25, 0.3) is 0 Å². The molecule has 0 aromatic rings. The van der Waals surface area contributed by atoms with E-state index in [9.17, 15) is 4.79 Å². The molecule has 0 heterocycles. The second-order valence-electron chi connectivity index (χ2n) is 5.82. The molecule has 0 saturated heterocycles. The van der Waals surface area contributed by atoms with Crippen molar-refractivity contribution < 1.29 is 14.3 Å². The van der Waals surface area contributed by atoms with E-state index in [1.807, 2.05) is 6.92 Å². The van der Waals surface area contributed by atoms with Crippen LogP contribution in [-0.4, -0.2) is 51.4 Å². The molecule has 0 radical (unpaired) electrons. The summed E-state index contributed by atoms with van der Waals surface area (Å²) in [5, 5.41) is 6.46. The van der Waals surface area contributed by atoms with Crippen LogP contribution in [0.4, 0.5) is 0 Å². The van der Waals surface area contributed by atoms with E-state index in [0.29, 0.717) is 25.7 Å². The van der Waals surface area contributed by atoms with Gasteiger partial charge in [0.15, 0.2) is 5.96 Å². The molecule has 7 heteroatoms. The first-order chi connectivity index (χ1) is 11.3. The van der Waals surface area contributed by atoms with Crippen LogP contribution in [-0.2, 0) is 14.3 Å². The molecule has 1 aliphatic carbocycles. The van der Waals surface area contributed by atoms with Crippen molar-refractivity contribution in [1.82, 2.24) is 10.6 Å². The third-order valence-corrected chi connectivity index (χ3v) is 3.90. The average molecular weight is 455 g/mol. The molecule has 142 valence electrons. The standard InChI is InChI=1S/C17H33N3O3.HI/c1-3-22-16(21)11-7-12-19-17(18-2)20-13-8-14-23-15-9-5-4-6-10-15;/h15H,3-14H2,1-2H3,(H2,18,19,20);1H. The van der Waals surface area contributed by atoms with Gasteiger partial charge in [-0.25, -0.2) is 0 Å². The minimum atomic E-state index is -0.142. The Morgan fingerprint density at radius 1 is 1.12 bits per heavy atom. The first kappa shape index (κ1) is 23.4. The zero-order chi connectivity index (χ0) is 16.8. The molecule has 24 heavy (non-hydrogen) atoms. The topological polar surface area (TPSA) is 72.0 Å². The summed E-state index contributed by atoms with van der Waals surface area (Å²) >= 11 is 0. The third-order valence-electron chi connectivity index (χ3n) is 3.90. The Morgan fingerprint density at radius 3 is 2.42 bits per heavy atom. The van der Waals surface area contributed by atoms with Crippen molar-refractivity contribution in [2.45, 2.75) is 64.4 Å². The molecule has 1 saturated carbocycles. The Labute approximate surface area is 163 Å². The van der Waals surface area contributed by atoms with Crippen LogP contribution in [0.3, 0.4) is 0 Å². The SMILES string of the molecule is CCOC(=O)CCCNC(=NC)NCCCOC1CCCCC1.I. The zero-order valence-corrected chi connectivity index (χ0v) is 17.5. The van der Waals surface area contributed by atoms with Crippen molar-refractivity contribution in [1.29, 1.82) is 0 Å². The van der Waals surface area contributed by atoms with Gasteiger partial charge in [0.2, 0.25) is 0 Å². The molecular formula is C17H34IN3O3. The van der Waals surface area contributed by atoms with Gasteiger partial charge in [-0.2, -0.15) is 0 Å². The van der Waals surface area contributed by atoms with Crippen LogP contribution in [0.15, 0.2) is 4.99 Å². The lowest BCUT2D eigenvalue weighted by Gasteiger charge is -2.22. The van der Waals surface area contributed by atoms with Gasteiger partial charge in [0, 0.05) is 33.2 Å². The van der Waals surface area contributed by atoms with Gasteiger partial charge in [0.1, 0.15) is 0 Å². The lowest BCUT2D eigenvalue weighted by molar-refractivity contribution is -0.143. The zero-order valence-electron chi connectivity index (χ0n) is 15.1. The van der Waals surface area contributed by atoms with Crippen LogP contribution in [0, 0.1) is 0 Å². The van der Waals surface area contributed by atoms with Crippen molar-refractivity contribution in [2.75, 3.05) is 33.4 Å². The van der Waals surface area contributed by atoms with E-state index in [4.69, 9.17) is 9.47 Å². The number of ether oxygens (including phenoxy) is 2. The van der Waals surface area contributed by atoms with Crippen LogP contribution in [0.2, 0.25) is 0 Å². The second kappa shape index (κ2) is 15.9. The number of nitrogens with one attached hydrogen (secondary N) is 2. The Hall–Kier alpha value is -0.570. The molecule has 1 aliphatic rings. The number of hydrogen-bond donors (Lipinski definition) is 2. The summed E-state index contributed by atoms with van der Waals surface area (Å²) in [5.41, 5.74) is 0. The predicted molar refractivity (Wildman–Crippen MR) is 108 cm³/mol. The summed E-state index contributed by atoms with van der Waals surface area (Å²) in [6, 6.07) is 0. The lowest BCUT2D eigenvalue weighted by Crippen LogP contribution is -2.38. The van der Waals surface area contributed by atoms with Crippen molar-refractivity contribution in [3.05, 3.63) is 0 Å². The fourth-order valence-corrected chi connectivity index (χ4v) is 2.65. The summed E-state index contributed by atoms with van der Waals surface area (Å²) in [7, 11) is 1.75. The Morgan fingerprint density at radius 2 is 1.79 bits per heavy atom. The lowest BCUT2D eigenvalue weighted by atomic mass is 9.98. The normalized spacial score (nSPS) is 15.5. The number of halogens is 1. The van der Waals surface area contributed by atoms with Crippen molar-refractivity contribution >= 4 is 35.9 Å². The van der Waals surface area contributed by atoms with Crippen molar-refractivity contribution in [3.63, 3.8) is 0 Å². The molecule has 0 unspecified atom stereocenters. The predicted octanol–water partition coefficient (Wildman–Crippen LogP) is 2.85. The summed E-state index contributed by atoms with van der Waals surface area (Å²) in [6.45, 7) is 4.61. The molecule has 0 spiro atoms. The van der Waals surface area contributed by atoms with Gasteiger partial charge in [-0.1, -0.05) is 19.3 Å². The van der Waals surface area contributed by atoms with Gasteiger partial charge in [-0.3, -0.25) is 9.79 Å². The molecule has 0 aromatic carbocycles. The van der Waals surface area contributed by atoms with Gasteiger partial charge in [-0.05, 0) is 32.6 Å². The summed E-state index contributed by atoms with van der Waals surface area (Å²) in [5.74, 6) is 0.628. The fourth-order valence-electron chi connectivity index (χ4n) is 2.65. The van der Waals surface area contributed by atoms with E-state index in [-0.39, 0.29) is 29.9 Å². The molecule has 6 nitrogen and oxygen atoms in total. The minimum Gasteiger partial charge on any atom is -0.466 e.